The van der Waals surface area contributed by atoms with Crippen LogP contribution < -0.4 is 16.4 Å². The molecule has 0 bridgehead atoms. The Morgan fingerprint density at radius 2 is 2.14 bits per heavy atom. The molecule has 1 heterocycles. The van der Waals surface area contributed by atoms with Gasteiger partial charge in [-0.2, -0.15) is 0 Å². The van der Waals surface area contributed by atoms with Crippen LogP contribution in [0.1, 0.15) is 6.42 Å². The van der Waals surface area contributed by atoms with E-state index in [0.717, 1.165) is 26.1 Å². The first-order valence-electron chi connectivity index (χ1n) is 4.72. The molecule has 0 aromatic heterocycles. The predicted molar refractivity (Wildman–Crippen MR) is 51.7 cm³/mol. The number of primary amides is 1. The van der Waals surface area contributed by atoms with Crippen molar-refractivity contribution in [1.82, 2.24) is 15.5 Å². The molecular weight excluding hydrogens is 184 g/mol. The molecule has 6 heteroatoms. The number of nitrogens with two attached hydrogens (primary N) is 1. The Labute approximate surface area is 82.8 Å². The maximum absolute atomic E-state index is 11.5. The highest BCUT2D eigenvalue weighted by atomic mass is 16.2. The number of rotatable bonds is 2. The second-order valence-electron chi connectivity index (χ2n) is 3.20. The zero-order chi connectivity index (χ0) is 10.4. The second kappa shape index (κ2) is 5.43. The molecule has 1 aliphatic heterocycles. The quantitative estimate of drug-likeness (QED) is 0.505. The fourth-order valence-corrected chi connectivity index (χ4v) is 1.37. The van der Waals surface area contributed by atoms with Crippen LogP contribution in [0, 0.1) is 0 Å². The van der Waals surface area contributed by atoms with Crippen LogP contribution in [0.3, 0.4) is 0 Å². The van der Waals surface area contributed by atoms with Gasteiger partial charge in [-0.15, -0.1) is 0 Å². The van der Waals surface area contributed by atoms with E-state index < -0.39 is 6.03 Å². The summed E-state index contributed by atoms with van der Waals surface area (Å²) in [5.41, 5.74) is 4.87. The van der Waals surface area contributed by atoms with Crippen LogP contribution in [0.25, 0.3) is 0 Å². The fraction of sp³-hybridized carbons (Fsp3) is 0.750. The summed E-state index contributed by atoms with van der Waals surface area (Å²) in [5, 5.41) is 5.48. The molecule has 1 rings (SSSR count). The molecule has 80 valence electrons. The molecule has 0 atom stereocenters. The van der Waals surface area contributed by atoms with Crippen molar-refractivity contribution in [2.75, 3.05) is 32.7 Å². The number of urea groups is 1. The van der Waals surface area contributed by atoms with E-state index in [0.29, 0.717) is 6.54 Å². The van der Waals surface area contributed by atoms with E-state index in [-0.39, 0.29) is 12.5 Å². The van der Waals surface area contributed by atoms with Gasteiger partial charge in [-0.25, -0.2) is 4.79 Å². The Morgan fingerprint density at radius 3 is 2.86 bits per heavy atom. The van der Waals surface area contributed by atoms with Crippen molar-refractivity contribution in [1.29, 1.82) is 0 Å². The van der Waals surface area contributed by atoms with Crippen molar-refractivity contribution < 1.29 is 9.59 Å². The van der Waals surface area contributed by atoms with Crippen molar-refractivity contribution >= 4 is 11.9 Å². The third-order valence-electron chi connectivity index (χ3n) is 2.11. The molecule has 1 saturated heterocycles. The number of nitrogens with zero attached hydrogens (tertiary/aromatic N) is 1. The zero-order valence-electron chi connectivity index (χ0n) is 8.08. The Kier molecular flexibility index (Phi) is 4.18. The standard InChI is InChI=1S/C8H16N4O2/c9-8(14)11-6-7(13)12-4-1-2-10-3-5-12/h10H,1-6H2,(H3,9,11,14). The van der Waals surface area contributed by atoms with Gasteiger partial charge in [0, 0.05) is 19.6 Å². The Bertz CT molecular complexity index is 211. The van der Waals surface area contributed by atoms with Crippen LogP contribution in [0.15, 0.2) is 0 Å². The Morgan fingerprint density at radius 1 is 1.36 bits per heavy atom. The van der Waals surface area contributed by atoms with Gasteiger partial charge in [0.05, 0.1) is 6.54 Å². The van der Waals surface area contributed by atoms with Gasteiger partial charge in [-0.3, -0.25) is 4.79 Å². The lowest BCUT2D eigenvalue weighted by Crippen LogP contribution is -2.43. The van der Waals surface area contributed by atoms with Crippen molar-refractivity contribution in [2.45, 2.75) is 6.42 Å². The van der Waals surface area contributed by atoms with E-state index in [2.05, 4.69) is 10.6 Å². The van der Waals surface area contributed by atoms with E-state index in [1.165, 1.54) is 0 Å². The van der Waals surface area contributed by atoms with Crippen LogP contribution in [0.4, 0.5) is 4.79 Å². The maximum Gasteiger partial charge on any atom is 0.312 e. The van der Waals surface area contributed by atoms with Crippen LogP contribution in [-0.2, 0) is 4.79 Å². The maximum atomic E-state index is 11.5. The SMILES string of the molecule is NC(=O)NCC(=O)N1CCCNCC1. The number of hydrogen-bond acceptors (Lipinski definition) is 3. The van der Waals surface area contributed by atoms with Gasteiger partial charge in [0.1, 0.15) is 0 Å². The molecule has 0 aromatic rings. The summed E-state index contributed by atoms with van der Waals surface area (Å²) in [4.78, 5) is 23.6. The van der Waals surface area contributed by atoms with Crippen LogP contribution in [0.2, 0.25) is 0 Å². The monoisotopic (exact) mass is 200 g/mol. The Hall–Kier alpha value is -1.30. The molecule has 4 N–H and O–H groups in total. The van der Waals surface area contributed by atoms with Gasteiger partial charge >= 0.3 is 6.03 Å². The number of carbonyl (C=O) groups excluding carboxylic acids is 2. The number of carbonyl (C=O) groups is 2. The number of amides is 3. The lowest BCUT2D eigenvalue weighted by molar-refractivity contribution is -0.129. The summed E-state index contributed by atoms with van der Waals surface area (Å²) in [6, 6.07) is -0.661. The highest BCUT2D eigenvalue weighted by Crippen LogP contribution is 1.95. The summed E-state index contributed by atoms with van der Waals surface area (Å²) >= 11 is 0. The minimum absolute atomic E-state index is 0.00463. The molecule has 3 amide bonds. The molecule has 14 heavy (non-hydrogen) atoms. The molecule has 1 aliphatic rings. The van der Waals surface area contributed by atoms with Crippen molar-refractivity contribution in [3.05, 3.63) is 0 Å². The van der Waals surface area contributed by atoms with Gasteiger partial charge in [0.2, 0.25) is 5.91 Å². The molecular formula is C8H16N4O2. The largest absolute Gasteiger partial charge is 0.352 e. The lowest BCUT2D eigenvalue weighted by atomic mass is 10.4. The third kappa shape index (κ3) is 3.61. The summed E-state index contributed by atoms with van der Waals surface area (Å²) < 4.78 is 0. The lowest BCUT2D eigenvalue weighted by Gasteiger charge is -2.19. The molecule has 0 radical (unpaired) electrons. The number of nitrogens with one attached hydrogen (secondary N) is 2. The molecule has 0 spiro atoms. The smallest absolute Gasteiger partial charge is 0.312 e. The summed E-state index contributed by atoms with van der Waals surface area (Å²) in [6.45, 7) is 3.18. The minimum Gasteiger partial charge on any atom is -0.352 e. The molecule has 0 aliphatic carbocycles. The van der Waals surface area contributed by atoms with Crippen LogP contribution in [-0.4, -0.2) is 49.6 Å². The van der Waals surface area contributed by atoms with Gasteiger partial charge in [0.25, 0.3) is 0 Å². The molecule has 1 fully saturated rings. The summed E-state index contributed by atoms with van der Waals surface area (Å²) in [7, 11) is 0. The van der Waals surface area contributed by atoms with Crippen molar-refractivity contribution in [2.24, 2.45) is 5.73 Å². The van der Waals surface area contributed by atoms with Crippen LogP contribution >= 0.6 is 0 Å². The normalized spacial score (nSPS) is 17.3. The van der Waals surface area contributed by atoms with Crippen molar-refractivity contribution in [3.63, 3.8) is 0 Å². The first kappa shape index (κ1) is 10.8. The van der Waals surface area contributed by atoms with E-state index in [1.807, 2.05) is 0 Å². The van der Waals surface area contributed by atoms with Gasteiger partial charge in [-0.05, 0) is 13.0 Å². The third-order valence-corrected chi connectivity index (χ3v) is 2.11. The first-order chi connectivity index (χ1) is 6.70. The molecule has 0 saturated carbocycles. The predicted octanol–water partition coefficient (Wildman–Crippen LogP) is -1.52. The molecule has 6 nitrogen and oxygen atoms in total. The van der Waals surface area contributed by atoms with E-state index >= 15 is 0 Å². The van der Waals surface area contributed by atoms with Gasteiger partial charge in [0.15, 0.2) is 0 Å². The average Bonchev–Trinajstić information content (AvgIpc) is 2.42. The first-order valence-corrected chi connectivity index (χ1v) is 4.72. The van der Waals surface area contributed by atoms with E-state index in [1.54, 1.807) is 4.90 Å². The molecule has 0 aromatic carbocycles. The van der Waals surface area contributed by atoms with Gasteiger partial charge in [-0.1, -0.05) is 0 Å². The van der Waals surface area contributed by atoms with Crippen LogP contribution in [0.5, 0.6) is 0 Å². The zero-order valence-corrected chi connectivity index (χ0v) is 8.08. The minimum atomic E-state index is -0.661. The Balaban J connectivity index is 2.30. The van der Waals surface area contributed by atoms with E-state index in [4.69, 9.17) is 5.73 Å². The van der Waals surface area contributed by atoms with Gasteiger partial charge < -0.3 is 21.3 Å². The summed E-state index contributed by atoms with van der Waals surface area (Å²) in [5.74, 6) is -0.0764. The highest BCUT2D eigenvalue weighted by molar-refractivity contribution is 5.83. The summed E-state index contributed by atoms with van der Waals surface area (Å²) in [6.07, 6.45) is 0.947. The fourth-order valence-electron chi connectivity index (χ4n) is 1.37. The number of hydrogen-bond donors (Lipinski definition) is 3. The molecule has 0 unspecified atom stereocenters. The van der Waals surface area contributed by atoms with Crippen molar-refractivity contribution in [3.8, 4) is 0 Å². The second-order valence-corrected chi connectivity index (χ2v) is 3.20. The average molecular weight is 200 g/mol. The van der Waals surface area contributed by atoms with E-state index in [9.17, 15) is 9.59 Å². The topological polar surface area (TPSA) is 87.5 Å². The highest BCUT2D eigenvalue weighted by Gasteiger charge is 2.14.